The van der Waals surface area contributed by atoms with Crippen LogP contribution >= 0.6 is 11.8 Å². The third-order valence-corrected chi connectivity index (χ3v) is 4.71. The zero-order chi connectivity index (χ0) is 14.7. The van der Waals surface area contributed by atoms with Crippen LogP contribution < -0.4 is 5.32 Å². The Morgan fingerprint density at radius 1 is 1.50 bits per heavy atom. The minimum Gasteiger partial charge on any atom is -0.478 e. The molecule has 0 bridgehead atoms. The Balaban J connectivity index is 2.30. The van der Waals surface area contributed by atoms with E-state index in [0.717, 1.165) is 19.3 Å². The van der Waals surface area contributed by atoms with Gasteiger partial charge in [0.1, 0.15) is 5.69 Å². The van der Waals surface area contributed by atoms with Crippen molar-refractivity contribution in [2.75, 3.05) is 11.6 Å². The molecule has 1 aliphatic rings. The van der Waals surface area contributed by atoms with Crippen LogP contribution in [0.2, 0.25) is 0 Å². The van der Waals surface area contributed by atoms with E-state index < -0.39 is 10.9 Å². The summed E-state index contributed by atoms with van der Waals surface area (Å²) in [6.07, 6.45) is 5.12. The van der Waals surface area contributed by atoms with Gasteiger partial charge in [-0.1, -0.05) is 6.42 Å². The van der Waals surface area contributed by atoms with Crippen molar-refractivity contribution in [3.63, 3.8) is 0 Å². The summed E-state index contributed by atoms with van der Waals surface area (Å²) in [7, 11) is 0. The number of rotatable bonds is 5. The molecule has 1 aliphatic carbocycles. The number of carboxylic acids is 1. The minimum atomic E-state index is -1.09. The van der Waals surface area contributed by atoms with Crippen molar-refractivity contribution < 1.29 is 14.8 Å². The summed E-state index contributed by atoms with van der Waals surface area (Å²) < 4.78 is 0. The topological polar surface area (TPSA) is 92.5 Å². The second kappa shape index (κ2) is 6.13. The number of nitro benzene ring substituents is 1. The van der Waals surface area contributed by atoms with Crippen LogP contribution in [0.3, 0.4) is 0 Å². The first-order valence-electron chi connectivity index (χ1n) is 6.34. The van der Waals surface area contributed by atoms with Crippen LogP contribution in [-0.2, 0) is 0 Å². The molecule has 2 unspecified atom stereocenters. The highest BCUT2D eigenvalue weighted by atomic mass is 32.2. The molecule has 0 saturated heterocycles. The Morgan fingerprint density at radius 2 is 2.25 bits per heavy atom. The predicted molar refractivity (Wildman–Crippen MR) is 78.6 cm³/mol. The third-order valence-electron chi connectivity index (χ3n) is 3.54. The molecular weight excluding hydrogens is 280 g/mol. The summed E-state index contributed by atoms with van der Waals surface area (Å²) in [4.78, 5) is 21.5. The van der Waals surface area contributed by atoms with Crippen molar-refractivity contribution in [1.82, 2.24) is 0 Å². The number of anilines is 1. The molecule has 1 saturated carbocycles. The van der Waals surface area contributed by atoms with E-state index in [1.54, 1.807) is 11.8 Å². The van der Waals surface area contributed by atoms with E-state index >= 15 is 0 Å². The van der Waals surface area contributed by atoms with E-state index in [-0.39, 0.29) is 17.3 Å². The van der Waals surface area contributed by atoms with Gasteiger partial charge < -0.3 is 10.4 Å². The fourth-order valence-electron chi connectivity index (χ4n) is 2.52. The van der Waals surface area contributed by atoms with E-state index in [2.05, 4.69) is 5.32 Å². The maximum Gasteiger partial charge on any atom is 0.335 e. The number of benzene rings is 1. The number of aromatic carboxylic acids is 1. The standard InChI is InChI=1S/C13H16N2O4S/c1-20-12-4-2-3-9(12)14-10-7-8(13(16)17)5-6-11(10)15(18)19/h5-7,9,12,14H,2-4H2,1H3,(H,16,17). The first kappa shape index (κ1) is 14.6. The van der Waals surface area contributed by atoms with Crippen LogP contribution in [0.4, 0.5) is 11.4 Å². The first-order valence-corrected chi connectivity index (χ1v) is 7.62. The lowest BCUT2D eigenvalue weighted by Gasteiger charge is -2.20. The highest BCUT2D eigenvalue weighted by Gasteiger charge is 2.28. The van der Waals surface area contributed by atoms with Crippen molar-refractivity contribution in [3.05, 3.63) is 33.9 Å². The van der Waals surface area contributed by atoms with Crippen molar-refractivity contribution in [1.29, 1.82) is 0 Å². The zero-order valence-electron chi connectivity index (χ0n) is 11.0. The molecule has 6 nitrogen and oxygen atoms in total. The van der Waals surface area contributed by atoms with Crippen LogP contribution in [0.15, 0.2) is 18.2 Å². The van der Waals surface area contributed by atoms with Gasteiger partial charge in [-0.25, -0.2) is 4.79 Å². The molecule has 0 aromatic heterocycles. The number of nitro groups is 1. The molecule has 108 valence electrons. The number of nitrogens with one attached hydrogen (secondary N) is 1. The van der Waals surface area contributed by atoms with Crippen molar-refractivity contribution in [2.24, 2.45) is 0 Å². The number of carbonyl (C=O) groups is 1. The molecule has 0 spiro atoms. The molecule has 2 atom stereocenters. The van der Waals surface area contributed by atoms with Crippen LogP contribution in [0.1, 0.15) is 29.6 Å². The van der Waals surface area contributed by atoms with Crippen molar-refractivity contribution in [2.45, 2.75) is 30.6 Å². The fourth-order valence-corrected chi connectivity index (χ4v) is 3.45. The van der Waals surface area contributed by atoms with Gasteiger partial charge in [-0.2, -0.15) is 11.8 Å². The summed E-state index contributed by atoms with van der Waals surface area (Å²) in [6.45, 7) is 0. The second-order valence-corrected chi connectivity index (χ2v) is 5.83. The van der Waals surface area contributed by atoms with Crippen molar-refractivity contribution >= 4 is 29.1 Å². The van der Waals surface area contributed by atoms with Crippen molar-refractivity contribution in [3.8, 4) is 0 Å². The Kier molecular flexibility index (Phi) is 4.49. The van der Waals surface area contributed by atoms with Crippen LogP contribution in [-0.4, -0.2) is 33.5 Å². The minimum absolute atomic E-state index is 0.0526. The van der Waals surface area contributed by atoms with Gasteiger partial charge in [-0.05, 0) is 31.2 Å². The SMILES string of the molecule is CSC1CCCC1Nc1cc(C(=O)O)ccc1[N+](=O)[O-]. The number of nitrogens with zero attached hydrogens (tertiary/aromatic N) is 1. The first-order chi connectivity index (χ1) is 9.52. The molecule has 1 aromatic rings. The van der Waals surface area contributed by atoms with Gasteiger partial charge in [0, 0.05) is 17.4 Å². The zero-order valence-corrected chi connectivity index (χ0v) is 11.9. The van der Waals surface area contributed by atoms with Crippen LogP contribution in [0.5, 0.6) is 0 Å². The summed E-state index contributed by atoms with van der Waals surface area (Å²) in [6, 6.07) is 3.99. The number of hydrogen-bond donors (Lipinski definition) is 2. The molecule has 0 amide bonds. The Hall–Kier alpha value is -1.76. The lowest BCUT2D eigenvalue weighted by Crippen LogP contribution is -2.26. The number of thioether (sulfide) groups is 1. The Bertz CT molecular complexity index is 535. The molecule has 0 aliphatic heterocycles. The highest BCUT2D eigenvalue weighted by Crippen LogP contribution is 2.34. The number of hydrogen-bond acceptors (Lipinski definition) is 5. The van der Waals surface area contributed by atoms with E-state index in [4.69, 9.17) is 5.11 Å². The molecular formula is C13H16N2O4S. The molecule has 7 heteroatoms. The van der Waals surface area contributed by atoms with E-state index in [0.29, 0.717) is 10.9 Å². The lowest BCUT2D eigenvalue weighted by molar-refractivity contribution is -0.384. The molecule has 1 fully saturated rings. The highest BCUT2D eigenvalue weighted by molar-refractivity contribution is 7.99. The normalized spacial score (nSPS) is 21.6. The smallest absolute Gasteiger partial charge is 0.335 e. The summed E-state index contributed by atoms with van der Waals surface area (Å²) in [5.74, 6) is -1.09. The monoisotopic (exact) mass is 296 g/mol. The van der Waals surface area contributed by atoms with E-state index in [1.807, 2.05) is 6.26 Å². The summed E-state index contributed by atoms with van der Waals surface area (Å²) >= 11 is 1.74. The third kappa shape index (κ3) is 3.04. The Labute approximate surface area is 120 Å². The average molecular weight is 296 g/mol. The Morgan fingerprint density at radius 3 is 2.85 bits per heavy atom. The van der Waals surface area contributed by atoms with Gasteiger partial charge in [0.25, 0.3) is 5.69 Å². The summed E-state index contributed by atoms with van der Waals surface area (Å²) in [5.41, 5.74) is 0.263. The molecule has 0 radical (unpaired) electrons. The van der Waals surface area contributed by atoms with Gasteiger partial charge in [0.2, 0.25) is 0 Å². The van der Waals surface area contributed by atoms with Gasteiger partial charge in [-0.3, -0.25) is 10.1 Å². The largest absolute Gasteiger partial charge is 0.478 e. The van der Waals surface area contributed by atoms with Gasteiger partial charge in [0.05, 0.1) is 10.5 Å². The van der Waals surface area contributed by atoms with E-state index in [9.17, 15) is 14.9 Å². The quantitative estimate of drug-likeness (QED) is 0.641. The van der Waals surface area contributed by atoms with E-state index in [1.165, 1.54) is 18.2 Å². The predicted octanol–water partition coefficient (Wildman–Crippen LogP) is 2.99. The molecule has 2 N–H and O–H groups in total. The van der Waals surface area contributed by atoms with Gasteiger partial charge in [0.15, 0.2) is 0 Å². The maximum absolute atomic E-state index is 11.0. The number of carboxylic acid groups (broad SMARTS) is 1. The second-order valence-electron chi connectivity index (χ2n) is 4.75. The molecule has 0 heterocycles. The van der Waals surface area contributed by atoms with Crippen LogP contribution in [0.25, 0.3) is 0 Å². The van der Waals surface area contributed by atoms with Gasteiger partial charge in [-0.15, -0.1) is 0 Å². The molecule has 2 rings (SSSR count). The lowest BCUT2D eigenvalue weighted by atomic mass is 10.1. The maximum atomic E-state index is 11.0. The van der Waals surface area contributed by atoms with Gasteiger partial charge >= 0.3 is 5.97 Å². The molecule has 1 aromatic carbocycles. The van der Waals surface area contributed by atoms with Crippen LogP contribution in [0, 0.1) is 10.1 Å². The summed E-state index contributed by atoms with van der Waals surface area (Å²) in [5, 5.41) is 23.6. The fraction of sp³-hybridized carbons (Fsp3) is 0.462. The average Bonchev–Trinajstić information content (AvgIpc) is 2.85. The molecule has 20 heavy (non-hydrogen) atoms.